The van der Waals surface area contributed by atoms with E-state index in [1.165, 1.54) is 29.6 Å². The number of ether oxygens (including phenoxy) is 2. The molecule has 10 heteroatoms. The molecule has 3 aromatic rings. The van der Waals surface area contributed by atoms with Gasteiger partial charge in [-0.05, 0) is 63.6 Å². The van der Waals surface area contributed by atoms with E-state index in [1.54, 1.807) is 52.0 Å². The lowest BCUT2D eigenvalue weighted by molar-refractivity contribution is 0.0525. The molecule has 186 valence electrons. The molecule has 0 aliphatic rings. The Morgan fingerprint density at radius 3 is 2.34 bits per heavy atom. The van der Waals surface area contributed by atoms with Crippen molar-refractivity contribution in [2.45, 2.75) is 32.6 Å². The fourth-order valence-electron chi connectivity index (χ4n) is 3.83. The van der Waals surface area contributed by atoms with Crippen molar-refractivity contribution in [3.63, 3.8) is 0 Å². The summed E-state index contributed by atoms with van der Waals surface area (Å²) in [5.74, 6) is -0.792. The summed E-state index contributed by atoms with van der Waals surface area (Å²) >= 11 is 0. The monoisotopic (exact) mass is 499 g/mol. The Hall–Kier alpha value is -3.79. The molecular weight excluding hydrogens is 470 g/mol. The van der Waals surface area contributed by atoms with Crippen LogP contribution in [0.2, 0.25) is 0 Å². The lowest BCUT2D eigenvalue weighted by atomic mass is 10.1. The van der Waals surface area contributed by atoms with Crippen LogP contribution in [0.3, 0.4) is 0 Å². The van der Waals surface area contributed by atoms with E-state index in [2.05, 4.69) is 10.3 Å². The maximum absolute atomic E-state index is 13.4. The number of nitrogens with zero attached hydrogens (tertiary/aromatic N) is 1. The van der Waals surface area contributed by atoms with Crippen molar-refractivity contribution in [2.75, 3.05) is 29.9 Å². The molecule has 1 heterocycles. The van der Waals surface area contributed by atoms with Crippen molar-refractivity contribution < 1.29 is 27.5 Å². The molecule has 3 rings (SSSR count). The summed E-state index contributed by atoms with van der Waals surface area (Å²) in [6.07, 6.45) is 0. The van der Waals surface area contributed by atoms with Gasteiger partial charge in [0.05, 0.1) is 35.6 Å². The van der Waals surface area contributed by atoms with Gasteiger partial charge in [-0.3, -0.25) is 9.10 Å². The van der Waals surface area contributed by atoms with Crippen LogP contribution in [-0.4, -0.2) is 45.5 Å². The van der Waals surface area contributed by atoms with Crippen LogP contribution in [0.4, 0.5) is 11.4 Å². The van der Waals surface area contributed by atoms with E-state index in [-0.39, 0.29) is 35.2 Å². The number of hydrogen-bond acceptors (Lipinski definition) is 6. The van der Waals surface area contributed by atoms with Gasteiger partial charge in [0.2, 0.25) is 0 Å². The maximum Gasteiger partial charge on any atom is 0.340 e. The zero-order chi connectivity index (χ0) is 25.8. The smallest absolute Gasteiger partial charge is 0.340 e. The molecule has 0 bridgehead atoms. The number of para-hydroxylation sites is 1. The second-order valence-electron chi connectivity index (χ2n) is 7.67. The number of benzene rings is 2. The van der Waals surface area contributed by atoms with Crippen LogP contribution in [0.1, 0.15) is 46.0 Å². The van der Waals surface area contributed by atoms with Gasteiger partial charge in [-0.2, -0.15) is 0 Å². The van der Waals surface area contributed by atoms with Crippen LogP contribution >= 0.6 is 0 Å². The number of aromatic amines is 1. The highest BCUT2D eigenvalue weighted by Gasteiger charge is 2.27. The highest BCUT2D eigenvalue weighted by atomic mass is 32.2. The van der Waals surface area contributed by atoms with E-state index in [0.717, 1.165) is 0 Å². The summed E-state index contributed by atoms with van der Waals surface area (Å²) in [5, 5.41) is 2.71. The Balaban J connectivity index is 1.98. The Bertz CT molecular complexity index is 1330. The average molecular weight is 500 g/mol. The quantitative estimate of drug-likeness (QED) is 0.424. The van der Waals surface area contributed by atoms with E-state index in [9.17, 15) is 18.0 Å². The number of amides is 1. The van der Waals surface area contributed by atoms with Crippen LogP contribution in [0.25, 0.3) is 0 Å². The molecule has 0 spiro atoms. The molecule has 0 aliphatic heterocycles. The van der Waals surface area contributed by atoms with Crippen molar-refractivity contribution in [1.82, 2.24) is 4.98 Å². The summed E-state index contributed by atoms with van der Waals surface area (Å²) in [4.78, 5) is 28.3. The van der Waals surface area contributed by atoms with Gasteiger partial charge in [0.25, 0.3) is 15.9 Å². The number of methoxy groups -OCH3 is 1. The fourth-order valence-corrected chi connectivity index (χ4v) is 5.33. The highest BCUT2D eigenvalue weighted by molar-refractivity contribution is 7.92. The van der Waals surface area contributed by atoms with Gasteiger partial charge in [0, 0.05) is 12.2 Å². The number of carbonyl (C=O) groups is 2. The molecule has 35 heavy (non-hydrogen) atoms. The van der Waals surface area contributed by atoms with Crippen molar-refractivity contribution in [3.05, 3.63) is 71.0 Å². The molecule has 0 fully saturated rings. The Morgan fingerprint density at radius 2 is 1.74 bits per heavy atom. The van der Waals surface area contributed by atoms with Gasteiger partial charge in [-0.15, -0.1) is 0 Å². The summed E-state index contributed by atoms with van der Waals surface area (Å²) < 4.78 is 38.6. The Morgan fingerprint density at radius 1 is 1.06 bits per heavy atom. The Kier molecular flexibility index (Phi) is 7.85. The van der Waals surface area contributed by atoms with Gasteiger partial charge in [-0.25, -0.2) is 13.2 Å². The number of carbonyl (C=O) groups excluding carboxylic acids is 2. The molecule has 1 aromatic heterocycles. The van der Waals surface area contributed by atoms with Gasteiger partial charge >= 0.3 is 5.97 Å². The maximum atomic E-state index is 13.4. The van der Waals surface area contributed by atoms with Crippen LogP contribution in [0.15, 0.2) is 53.4 Å². The first-order valence-corrected chi connectivity index (χ1v) is 12.5. The van der Waals surface area contributed by atoms with Crippen molar-refractivity contribution >= 4 is 33.3 Å². The third-order valence-electron chi connectivity index (χ3n) is 5.48. The van der Waals surface area contributed by atoms with Gasteiger partial charge in [0.1, 0.15) is 11.4 Å². The molecular formula is C25H29N3O6S. The van der Waals surface area contributed by atoms with Crippen LogP contribution in [0, 0.1) is 13.8 Å². The standard InChI is InChI=1S/C25H29N3O6S/c1-6-28(18-11-9-8-10-12-18)35(31,32)19-13-14-21(33-5)20(15-19)27-24(29)23-16(3)22(17(4)26-23)25(30)34-7-2/h8-15,26H,6-7H2,1-5H3,(H,27,29). The van der Waals surface area contributed by atoms with Crippen LogP contribution in [-0.2, 0) is 14.8 Å². The van der Waals surface area contributed by atoms with Crippen LogP contribution < -0.4 is 14.4 Å². The molecule has 2 aromatic carbocycles. The Labute approximate surface area is 205 Å². The van der Waals surface area contributed by atoms with Crippen molar-refractivity contribution in [1.29, 1.82) is 0 Å². The number of sulfonamides is 1. The SMILES string of the molecule is CCOC(=O)c1c(C)[nH]c(C(=O)Nc2cc(S(=O)(=O)N(CC)c3ccccc3)ccc2OC)c1C. The number of hydrogen-bond donors (Lipinski definition) is 2. The number of nitrogens with one attached hydrogen (secondary N) is 2. The number of rotatable bonds is 9. The number of H-pyrrole nitrogens is 1. The second-order valence-corrected chi connectivity index (χ2v) is 9.53. The molecule has 0 saturated heterocycles. The number of aryl methyl sites for hydroxylation is 1. The van der Waals surface area contributed by atoms with Crippen LogP contribution in [0.5, 0.6) is 5.75 Å². The molecule has 2 N–H and O–H groups in total. The van der Waals surface area contributed by atoms with E-state index in [4.69, 9.17) is 9.47 Å². The first-order valence-electron chi connectivity index (χ1n) is 11.1. The summed E-state index contributed by atoms with van der Waals surface area (Å²) in [5.41, 5.74) is 2.09. The predicted molar refractivity (Wildman–Crippen MR) is 134 cm³/mol. The van der Waals surface area contributed by atoms with Gasteiger partial charge < -0.3 is 19.8 Å². The van der Waals surface area contributed by atoms with E-state index < -0.39 is 21.9 Å². The van der Waals surface area contributed by atoms with Crippen molar-refractivity contribution in [3.8, 4) is 5.75 Å². The van der Waals surface area contributed by atoms with E-state index >= 15 is 0 Å². The molecule has 0 atom stereocenters. The molecule has 1 amide bonds. The zero-order valence-electron chi connectivity index (χ0n) is 20.3. The lowest BCUT2D eigenvalue weighted by Crippen LogP contribution is -2.30. The topological polar surface area (TPSA) is 118 Å². The first-order chi connectivity index (χ1) is 16.6. The average Bonchev–Trinajstić information content (AvgIpc) is 3.14. The molecule has 0 unspecified atom stereocenters. The largest absolute Gasteiger partial charge is 0.495 e. The van der Waals surface area contributed by atoms with E-state index in [0.29, 0.717) is 22.5 Å². The minimum Gasteiger partial charge on any atom is -0.495 e. The van der Waals surface area contributed by atoms with E-state index in [1.807, 2.05) is 6.07 Å². The number of esters is 1. The number of anilines is 2. The minimum atomic E-state index is -3.92. The number of aromatic nitrogens is 1. The van der Waals surface area contributed by atoms with Crippen molar-refractivity contribution in [2.24, 2.45) is 0 Å². The molecule has 0 aliphatic carbocycles. The van der Waals surface area contributed by atoms with Gasteiger partial charge in [-0.1, -0.05) is 18.2 Å². The normalized spacial score (nSPS) is 11.1. The predicted octanol–water partition coefficient (Wildman–Crippen LogP) is 4.28. The first kappa shape index (κ1) is 25.8. The molecule has 9 nitrogen and oxygen atoms in total. The lowest BCUT2D eigenvalue weighted by Gasteiger charge is -2.23. The molecule has 0 saturated carbocycles. The summed E-state index contributed by atoms with van der Waals surface area (Å²) in [6.45, 7) is 7.19. The third kappa shape index (κ3) is 5.17. The summed E-state index contributed by atoms with van der Waals surface area (Å²) in [6, 6.07) is 13.0. The highest BCUT2D eigenvalue weighted by Crippen LogP contribution is 2.31. The fraction of sp³-hybridized carbons (Fsp3) is 0.280. The minimum absolute atomic E-state index is 0.00842. The van der Waals surface area contributed by atoms with Gasteiger partial charge in [0.15, 0.2) is 0 Å². The second kappa shape index (κ2) is 10.6. The molecule has 0 radical (unpaired) electrons. The zero-order valence-corrected chi connectivity index (χ0v) is 21.2. The summed E-state index contributed by atoms with van der Waals surface area (Å²) in [7, 11) is -2.50. The third-order valence-corrected chi connectivity index (χ3v) is 7.38.